The third kappa shape index (κ3) is 4.11. The van der Waals surface area contributed by atoms with Gasteiger partial charge in [0.25, 0.3) is 11.5 Å². The van der Waals surface area contributed by atoms with Crippen LogP contribution in [-0.4, -0.2) is 67.3 Å². The summed E-state index contributed by atoms with van der Waals surface area (Å²) in [5, 5.41) is 17.8. The standard InChI is InChI=1S/C24H31N5O5/c1-15(2)13-27-21-16(4-3-5-18(30)28-10-11-34-14-24(28)8-9-24)12-25-29(21)23(33)19(22(27)32)20(31)26-17-6-7-17/h3-4,12,15,17,33H,5-11,13-14H2,1-2H3,(H,26,31)/b4-3+. The Hall–Kier alpha value is -3.14. The first kappa shape index (κ1) is 22.6. The number of amides is 2. The van der Waals surface area contributed by atoms with Crippen molar-refractivity contribution in [1.29, 1.82) is 0 Å². The number of aromatic hydroxyl groups is 1. The Kier molecular flexibility index (Phi) is 5.71. The summed E-state index contributed by atoms with van der Waals surface area (Å²) in [5.74, 6) is -0.885. The SMILES string of the molecule is CC(C)Cn1c(=O)c(C(=O)NC2CC2)c(O)n2ncc(/C=C/CC(=O)N3CCOCC34CC4)c12. The molecule has 0 bridgehead atoms. The molecule has 1 saturated heterocycles. The number of morpholine rings is 1. The van der Waals surface area contributed by atoms with Gasteiger partial charge >= 0.3 is 0 Å². The summed E-state index contributed by atoms with van der Waals surface area (Å²) in [6.07, 6.45) is 8.97. The monoisotopic (exact) mass is 469 g/mol. The zero-order chi connectivity index (χ0) is 24.0. The molecule has 2 N–H and O–H groups in total. The molecule has 2 aromatic heterocycles. The Balaban J connectivity index is 1.45. The molecule has 0 atom stereocenters. The highest BCUT2D eigenvalue weighted by Crippen LogP contribution is 2.43. The molecule has 2 aromatic rings. The van der Waals surface area contributed by atoms with Crippen LogP contribution in [0.4, 0.5) is 0 Å². The van der Waals surface area contributed by atoms with Gasteiger partial charge in [-0.1, -0.05) is 26.0 Å². The fourth-order valence-corrected chi connectivity index (χ4v) is 4.63. The number of hydrogen-bond acceptors (Lipinski definition) is 6. The van der Waals surface area contributed by atoms with E-state index >= 15 is 0 Å². The molecule has 0 aromatic carbocycles. The summed E-state index contributed by atoms with van der Waals surface area (Å²) in [4.78, 5) is 40.8. The predicted molar refractivity (Wildman–Crippen MR) is 125 cm³/mol. The van der Waals surface area contributed by atoms with E-state index in [1.54, 1.807) is 12.2 Å². The van der Waals surface area contributed by atoms with Crippen molar-refractivity contribution in [3.8, 4) is 5.88 Å². The Bertz CT molecular complexity index is 1220. The molecular weight excluding hydrogens is 438 g/mol. The first-order valence-electron chi connectivity index (χ1n) is 12.0. The minimum absolute atomic E-state index is 0.0509. The number of carbonyl (C=O) groups excluding carboxylic acids is 2. The topological polar surface area (TPSA) is 118 Å². The van der Waals surface area contributed by atoms with Gasteiger partial charge < -0.3 is 20.1 Å². The molecule has 0 radical (unpaired) electrons. The molecule has 3 heterocycles. The number of rotatable bonds is 7. The first-order valence-corrected chi connectivity index (χ1v) is 12.0. The Morgan fingerprint density at radius 2 is 2.12 bits per heavy atom. The van der Waals surface area contributed by atoms with E-state index in [-0.39, 0.29) is 35.4 Å². The summed E-state index contributed by atoms with van der Waals surface area (Å²) >= 11 is 0. The number of hydrogen-bond donors (Lipinski definition) is 2. The van der Waals surface area contributed by atoms with Crippen LogP contribution in [0.5, 0.6) is 5.88 Å². The second kappa shape index (κ2) is 8.57. The van der Waals surface area contributed by atoms with E-state index in [0.29, 0.717) is 37.5 Å². The lowest BCUT2D eigenvalue weighted by Crippen LogP contribution is -2.50. The second-order valence-corrected chi connectivity index (χ2v) is 10.0. The molecule has 34 heavy (non-hydrogen) atoms. The normalized spacial score (nSPS) is 19.4. The Morgan fingerprint density at radius 1 is 1.35 bits per heavy atom. The summed E-state index contributed by atoms with van der Waals surface area (Å²) in [6, 6.07) is 0.0513. The van der Waals surface area contributed by atoms with E-state index in [0.717, 1.165) is 25.7 Å². The van der Waals surface area contributed by atoms with Crippen LogP contribution in [0.25, 0.3) is 11.7 Å². The van der Waals surface area contributed by atoms with Gasteiger partial charge in [0, 0.05) is 31.1 Å². The van der Waals surface area contributed by atoms with Gasteiger partial charge in [0.2, 0.25) is 11.8 Å². The molecule has 0 unspecified atom stereocenters. The zero-order valence-electron chi connectivity index (χ0n) is 19.6. The zero-order valence-corrected chi connectivity index (χ0v) is 19.6. The van der Waals surface area contributed by atoms with E-state index in [1.807, 2.05) is 18.7 Å². The minimum Gasteiger partial charge on any atom is -0.492 e. The molecule has 182 valence electrons. The molecule has 3 fully saturated rings. The molecule has 10 heteroatoms. The largest absolute Gasteiger partial charge is 0.492 e. The molecule has 1 spiro atoms. The fourth-order valence-electron chi connectivity index (χ4n) is 4.63. The molecule has 2 amide bonds. The van der Waals surface area contributed by atoms with Crippen molar-refractivity contribution in [3.05, 3.63) is 33.8 Å². The summed E-state index contributed by atoms with van der Waals surface area (Å²) in [5.41, 5.74) is 0.0307. The summed E-state index contributed by atoms with van der Waals surface area (Å²) < 4.78 is 8.27. The van der Waals surface area contributed by atoms with Gasteiger partial charge in [0.1, 0.15) is 5.65 Å². The second-order valence-electron chi connectivity index (χ2n) is 10.0. The van der Waals surface area contributed by atoms with E-state index in [2.05, 4.69) is 10.4 Å². The van der Waals surface area contributed by atoms with Crippen molar-refractivity contribution in [2.45, 2.75) is 64.1 Å². The van der Waals surface area contributed by atoms with E-state index < -0.39 is 17.3 Å². The molecule has 10 nitrogen and oxygen atoms in total. The van der Waals surface area contributed by atoms with Crippen LogP contribution in [0.15, 0.2) is 17.1 Å². The Labute approximate surface area is 197 Å². The van der Waals surface area contributed by atoms with Crippen molar-refractivity contribution in [2.24, 2.45) is 5.92 Å². The van der Waals surface area contributed by atoms with Gasteiger partial charge in [-0.2, -0.15) is 9.61 Å². The van der Waals surface area contributed by atoms with Gasteiger partial charge in [0.05, 0.1) is 24.9 Å². The smallest absolute Gasteiger partial charge is 0.270 e. The van der Waals surface area contributed by atoms with Crippen LogP contribution in [0, 0.1) is 5.92 Å². The quantitative estimate of drug-likeness (QED) is 0.635. The molecule has 2 saturated carbocycles. The third-order valence-electron chi connectivity index (χ3n) is 6.72. The summed E-state index contributed by atoms with van der Waals surface area (Å²) in [6.45, 7) is 6.07. The van der Waals surface area contributed by atoms with E-state index in [1.165, 1.54) is 15.3 Å². The fraction of sp³-hybridized carbons (Fsp3) is 0.583. The number of carbonyl (C=O) groups is 2. The average Bonchev–Trinajstić information content (AvgIpc) is 3.71. The highest BCUT2D eigenvalue weighted by atomic mass is 16.5. The van der Waals surface area contributed by atoms with E-state index in [4.69, 9.17) is 4.74 Å². The van der Waals surface area contributed by atoms with E-state index in [9.17, 15) is 19.5 Å². The lowest BCUT2D eigenvalue weighted by Gasteiger charge is -2.36. The van der Waals surface area contributed by atoms with Crippen molar-refractivity contribution in [1.82, 2.24) is 24.4 Å². The highest BCUT2D eigenvalue weighted by molar-refractivity contribution is 5.96. The van der Waals surface area contributed by atoms with Crippen LogP contribution in [-0.2, 0) is 16.1 Å². The van der Waals surface area contributed by atoms with Crippen LogP contribution < -0.4 is 10.9 Å². The van der Waals surface area contributed by atoms with Crippen LogP contribution in [0.3, 0.4) is 0 Å². The van der Waals surface area contributed by atoms with Crippen LogP contribution in [0.2, 0.25) is 0 Å². The van der Waals surface area contributed by atoms with Crippen molar-refractivity contribution < 1.29 is 19.4 Å². The maximum atomic E-state index is 13.3. The van der Waals surface area contributed by atoms with Gasteiger partial charge in [-0.25, -0.2) is 0 Å². The Morgan fingerprint density at radius 3 is 2.79 bits per heavy atom. The van der Waals surface area contributed by atoms with Crippen molar-refractivity contribution >= 4 is 23.5 Å². The van der Waals surface area contributed by atoms with Crippen LogP contribution in [0.1, 0.15) is 61.9 Å². The number of aromatic nitrogens is 3. The molecule has 5 rings (SSSR count). The summed E-state index contributed by atoms with van der Waals surface area (Å²) in [7, 11) is 0. The molecule has 3 aliphatic rings. The van der Waals surface area contributed by atoms with Crippen LogP contribution >= 0.6 is 0 Å². The molecule has 1 aliphatic heterocycles. The molecular formula is C24H31N5O5. The van der Waals surface area contributed by atoms with Gasteiger partial charge in [-0.05, 0) is 31.6 Å². The highest BCUT2D eigenvalue weighted by Gasteiger charge is 2.51. The number of ether oxygens (including phenoxy) is 1. The van der Waals surface area contributed by atoms with Gasteiger partial charge in [0.15, 0.2) is 5.56 Å². The first-order chi connectivity index (χ1) is 16.3. The molecule has 2 aliphatic carbocycles. The van der Waals surface area contributed by atoms with Crippen molar-refractivity contribution in [2.75, 3.05) is 19.8 Å². The maximum absolute atomic E-state index is 13.3. The lowest BCUT2D eigenvalue weighted by atomic mass is 10.1. The number of nitrogens with one attached hydrogen (secondary N) is 1. The lowest BCUT2D eigenvalue weighted by molar-refractivity contribution is -0.140. The number of nitrogens with zero attached hydrogens (tertiary/aromatic N) is 4. The third-order valence-corrected chi connectivity index (χ3v) is 6.72. The minimum atomic E-state index is -0.581. The predicted octanol–water partition coefficient (Wildman–Crippen LogP) is 1.54. The van der Waals surface area contributed by atoms with Gasteiger partial charge in [-0.3, -0.25) is 19.0 Å². The maximum Gasteiger partial charge on any atom is 0.270 e. The van der Waals surface area contributed by atoms with Gasteiger partial charge in [-0.15, -0.1) is 0 Å². The van der Waals surface area contributed by atoms with Crippen molar-refractivity contribution in [3.63, 3.8) is 0 Å². The average molecular weight is 470 g/mol. The number of fused-ring (bicyclic) bond motifs is 1.